The number of cyclic esters (lactones) is 1. The van der Waals surface area contributed by atoms with Gasteiger partial charge >= 0.3 is 11.9 Å². The average molecular weight is 767 g/mol. The van der Waals surface area contributed by atoms with E-state index in [1.807, 2.05) is 6.92 Å². The molecule has 1 aromatic rings. The van der Waals surface area contributed by atoms with E-state index in [4.69, 9.17) is 9.47 Å². The first kappa shape index (κ1) is 39.9. The second kappa shape index (κ2) is 15.4. The van der Waals surface area contributed by atoms with Gasteiger partial charge in [-0.15, -0.1) is 5.92 Å². The quantitative estimate of drug-likeness (QED) is 0.125. The van der Waals surface area contributed by atoms with Crippen molar-refractivity contribution < 1.29 is 34.4 Å². The summed E-state index contributed by atoms with van der Waals surface area (Å²) < 4.78 is 12.4. The Morgan fingerprint density at radius 3 is 2.46 bits per heavy atom. The fourth-order valence-electron chi connectivity index (χ4n) is 13.9. The lowest BCUT2D eigenvalue weighted by atomic mass is 9.35. The number of carbonyl (C=O) groups excluding carboxylic acids is 2. The summed E-state index contributed by atoms with van der Waals surface area (Å²) in [6, 6.07) is 10.6. The van der Waals surface area contributed by atoms with Gasteiger partial charge in [0, 0.05) is 30.8 Å². The van der Waals surface area contributed by atoms with E-state index < -0.39 is 51.5 Å². The molecule has 12 atom stereocenters. The molecule has 12 unspecified atom stereocenters. The molecule has 4 saturated carbocycles. The van der Waals surface area contributed by atoms with Gasteiger partial charge in [0.05, 0.1) is 34.1 Å². The van der Waals surface area contributed by atoms with Crippen LogP contribution in [0.1, 0.15) is 135 Å². The van der Waals surface area contributed by atoms with Gasteiger partial charge in [-0.05, 0) is 112 Å². The second-order valence-electron chi connectivity index (χ2n) is 19.9. The number of carbonyl (C=O) groups is 2. The van der Waals surface area contributed by atoms with Crippen molar-refractivity contribution in [1.82, 2.24) is 0 Å². The van der Waals surface area contributed by atoms with E-state index in [2.05, 4.69) is 68.2 Å². The van der Waals surface area contributed by atoms with Crippen LogP contribution in [0, 0.1) is 63.1 Å². The van der Waals surface area contributed by atoms with Gasteiger partial charge in [-0.25, -0.2) is 4.79 Å². The molecule has 0 radical (unpaired) electrons. The van der Waals surface area contributed by atoms with Gasteiger partial charge in [-0.1, -0.05) is 94.4 Å². The standard InChI is InChI=1S/C49H66O7/c1-33(13-11-16-34-14-5-4-6-15-34)29-36-20-21-38-19-9-10-25-47(38)26-12-24-45(2)31-39(56-44(47)53)42-46(3,37-17-7-8-18-37)27-23-40(50)49(42,43(36)52)48(45,54)28-22-35-30-41(51)55-32-35/h4-6,14-15,20-21,30,33,36-40,42-43,50,52,54H,7-11,13,16-19,22-23,25-29,31-32H2,1-3H3. The molecule has 8 rings (SSSR count). The number of hydrogen-bond donors (Lipinski definition) is 3. The summed E-state index contributed by atoms with van der Waals surface area (Å²) in [5, 5.41) is 41.0. The SMILES string of the molecule is CC(CCCc1ccccc1)CC1C=CC2CCCCC23CC#CC2(C)CC(OC3=O)C3C(C)(C4CCCC4)CCC(O)C3(C1O)C2(O)CCC1=CC(=O)OC1. The summed E-state index contributed by atoms with van der Waals surface area (Å²) >= 11 is 0. The number of esters is 2. The molecule has 3 heterocycles. The Morgan fingerprint density at radius 2 is 1.71 bits per heavy atom. The van der Waals surface area contributed by atoms with Crippen LogP contribution in [0.4, 0.5) is 0 Å². The average Bonchev–Trinajstić information content (AvgIpc) is 3.89. The number of benzene rings is 1. The smallest absolute Gasteiger partial charge is 0.331 e. The number of fused-ring (bicyclic) bond motifs is 2. The zero-order valence-corrected chi connectivity index (χ0v) is 34.1. The molecule has 3 aliphatic heterocycles. The molecule has 0 saturated heterocycles. The fourth-order valence-corrected chi connectivity index (χ4v) is 13.9. The first-order valence-corrected chi connectivity index (χ1v) is 22.2. The fraction of sp³-hybridized carbons (Fsp3) is 0.714. The van der Waals surface area contributed by atoms with Crippen molar-refractivity contribution in [3.63, 3.8) is 0 Å². The highest BCUT2D eigenvalue weighted by molar-refractivity contribution is 5.85. The maximum absolute atomic E-state index is 15.1. The number of aryl methyl sites for hydroxylation is 1. The van der Waals surface area contributed by atoms with Crippen molar-refractivity contribution in [3.05, 3.63) is 59.7 Å². The zero-order valence-electron chi connectivity index (χ0n) is 34.1. The number of aliphatic hydroxyl groups excluding tert-OH is 2. The monoisotopic (exact) mass is 766 g/mol. The van der Waals surface area contributed by atoms with Gasteiger partial charge in [-0.2, -0.15) is 0 Å². The predicted octanol–water partition coefficient (Wildman–Crippen LogP) is 8.44. The lowest BCUT2D eigenvalue weighted by Crippen LogP contribution is -2.80. The van der Waals surface area contributed by atoms with Crippen LogP contribution in [0.3, 0.4) is 0 Å². The summed E-state index contributed by atoms with van der Waals surface area (Å²) in [6.45, 7) is 6.79. The minimum Gasteiger partial charge on any atom is -0.462 e. The molecule has 4 aliphatic carbocycles. The minimum atomic E-state index is -1.70. The van der Waals surface area contributed by atoms with E-state index in [0.29, 0.717) is 44.4 Å². The Kier molecular flexibility index (Phi) is 10.9. The molecule has 4 fully saturated rings. The Morgan fingerprint density at radius 1 is 0.946 bits per heavy atom. The molecule has 56 heavy (non-hydrogen) atoms. The van der Waals surface area contributed by atoms with Crippen molar-refractivity contribution in [2.45, 2.75) is 160 Å². The van der Waals surface area contributed by atoms with Crippen molar-refractivity contribution >= 4 is 11.9 Å². The topological polar surface area (TPSA) is 113 Å². The van der Waals surface area contributed by atoms with Gasteiger partial charge in [-0.3, -0.25) is 4.79 Å². The lowest BCUT2D eigenvalue weighted by molar-refractivity contribution is -0.342. The van der Waals surface area contributed by atoms with E-state index in [-0.39, 0.29) is 42.7 Å². The molecule has 4 bridgehead atoms. The Labute approximate surface area is 335 Å². The molecule has 1 spiro atoms. The van der Waals surface area contributed by atoms with Gasteiger partial charge in [0.1, 0.15) is 12.7 Å². The molecule has 7 aliphatic rings. The van der Waals surface area contributed by atoms with Crippen molar-refractivity contribution in [2.75, 3.05) is 6.61 Å². The zero-order chi connectivity index (χ0) is 39.3. The third-order valence-electron chi connectivity index (χ3n) is 16.9. The number of ether oxygens (including phenoxy) is 2. The summed E-state index contributed by atoms with van der Waals surface area (Å²) in [5.74, 6) is 6.21. The summed E-state index contributed by atoms with van der Waals surface area (Å²) in [4.78, 5) is 27.4. The number of aliphatic hydroxyl groups is 3. The van der Waals surface area contributed by atoms with Crippen molar-refractivity contribution in [3.8, 4) is 11.8 Å². The van der Waals surface area contributed by atoms with Crippen LogP contribution in [0.15, 0.2) is 54.1 Å². The van der Waals surface area contributed by atoms with Crippen LogP contribution in [0.5, 0.6) is 0 Å². The highest BCUT2D eigenvalue weighted by Gasteiger charge is 2.78. The van der Waals surface area contributed by atoms with E-state index in [9.17, 15) is 20.1 Å². The van der Waals surface area contributed by atoms with Gasteiger partial charge in [0.25, 0.3) is 0 Å². The molecule has 0 aromatic heterocycles. The molecule has 7 nitrogen and oxygen atoms in total. The Balaban J connectivity index is 1.31. The first-order valence-electron chi connectivity index (χ1n) is 22.2. The lowest BCUT2D eigenvalue weighted by Gasteiger charge is -2.72. The molecule has 1 aromatic carbocycles. The molecular formula is C49H66O7. The summed E-state index contributed by atoms with van der Waals surface area (Å²) in [6.07, 6.45) is 17.1. The Bertz CT molecular complexity index is 1750. The number of rotatable bonds is 10. The van der Waals surface area contributed by atoms with Gasteiger partial charge in [0.15, 0.2) is 0 Å². The van der Waals surface area contributed by atoms with E-state index in [0.717, 1.165) is 76.2 Å². The highest BCUT2D eigenvalue weighted by Crippen LogP contribution is 2.72. The third kappa shape index (κ3) is 6.44. The Hall–Kier alpha value is -2.92. The largest absolute Gasteiger partial charge is 0.462 e. The molecule has 3 N–H and O–H groups in total. The molecule has 0 amide bonds. The van der Waals surface area contributed by atoms with E-state index in [1.165, 1.54) is 11.6 Å². The summed E-state index contributed by atoms with van der Waals surface area (Å²) in [7, 11) is 0. The van der Waals surface area contributed by atoms with Crippen LogP contribution in [0.25, 0.3) is 0 Å². The normalized spacial score (nSPS) is 42.6. The van der Waals surface area contributed by atoms with Crippen molar-refractivity contribution in [1.29, 1.82) is 0 Å². The van der Waals surface area contributed by atoms with Crippen LogP contribution in [-0.2, 0) is 25.5 Å². The number of hydrogen-bond acceptors (Lipinski definition) is 7. The second-order valence-corrected chi connectivity index (χ2v) is 19.9. The van der Waals surface area contributed by atoms with Crippen LogP contribution in [-0.4, -0.2) is 57.8 Å². The van der Waals surface area contributed by atoms with Crippen LogP contribution >= 0.6 is 0 Å². The third-order valence-corrected chi connectivity index (χ3v) is 16.9. The first-order chi connectivity index (χ1) is 26.9. The summed E-state index contributed by atoms with van der Waals surface area (Å²) in [5.41, 5.74) is -3.39. The van der Waals surface area contributed by atoms with Crippen LogP contribution < -0.4 is 0 Å². The molecule has 7 heteroatoms. The van der Waals surface area contributed by atoms with E-state index >= 15 is 4.79 Å². The van der Waals surface area contributed by atoms with E-state index in [1.54, 1.807) is 0 Å². The molecule has 304 valence electrons. The van der Waals surface area contributed by atoms with Crippen LogP contribution in [0.2, 0.25) is 0 Å². The maximum Gasteiger partial charge on any atom is 0.331 e. The molecular weight excluding hydrogens is 701 g/mol. The number of allylic oxidation sites excluding steroid dienone is 1. The van der Waals surface area contributed by atoms with Crippen molar-refractivity contribution in [2.24, 2.45) is 51.2 Å². The van der Waals surface area contributed by atoms with Gasteiger partial charge < -0.3 is 24.8 Å². The minimum absolute atomic E-state index is 0.0708. The predicted molar refractivity (Wildman–Crippen MR) is 216 cm³/mol. The van der Waals surface area contributed by atoms with Gasteiger partial charge in [0.2, 0.25) is 0 Å². The maximum atomic E-state index is 15.1. The highest BCUT2D eigenvalue weighted by atomic mass is 16.5.